The second-order valence-corrected chi connectivity index (χ2v) is 3.63. The fraction of sp³-hybridized carbons (Fsp3) is 0.727. The van der Waals surface area contributed by atoms with Crippen LogP contribution in [0.3, 0.4) is 0 Å². The molecule has 1 atom stereocenters. The highest BCUT2D eigenvalue weighted by Crippen LogP contribution is 1.99. The lowest BCUT2D eigenvalue weighted by Crippen LogP contribution is -2.43. The quantitative estimate of drug-likeness (QED) is 0.438. The van der Waals surface area contributed by atoms with Crippen molar-refractivity contribution in [3.8, 4) is 0 Å². The molecular formula is C11H20N2O5. The zero-order valence-corrected chi connectivity index (χ0v) is 10.9. The summed E-state index contributed by atoms with van der Waals surface area (Å²) in [5.41, 5.74) is 0. The van der Waals surface area contributed by atoms with Crippen LogP contribution < -0.4 is 10.6 Å². The van der Waals surface area contributed by atoms with E-state index in [0.717, 1.165) is 0 Å². The average molecular weight is 260 g/mol. The standard InChI is InChI=1S/C11H20N2O5/c1-12-6-4-5-9(14)13-8(11(16)18-3)7-10(15)17-2/h8,12H,4-7H2,1-3H3,(H,13,14). The van der Waals surface area contributed by atoms with Gasteiger partial charge in [-0.25, -0.2) is 4.79 Å². The Bertz CT molecular complexity index is 293. The van der Waals surface area contributed by atoms with E-state index in [1.165, 1.54) is 14.2 Å². The molecule has 0 fully saturated rings. The summed E-state index contributed by atoms with van der Waals surface area (Å²) in [6.07, 6.45) is 0.685. The van der Waals surface area contributed by atoms with E-state index in [9.17, 15) is 14.4 Å². The summed E-state index contributed by atoms with van der Waals surface area (Å²) >= 11 is 0. The van der Waals surface area contributed by atoms with Crippen LogP contribution in [0.25, 0.3) is 0 Å². The largest absolute Gasteiger partial charge is 0.469 e. The predicted molar refractivity (Wildman–Crippen MR) is 63.7 cm³/mol. The average Bonchev–Trinajstić information content (AvgIpc) is 2.37. The lowest BCUT2D eigenvalue weighted by molar-refractivity contribution is -0.150. The van der Waals surface area contributed by atoms with Crippen molar-refractivity contribution in [2.75, 3.05) is 27.8 Å². The summed E-state index contributed by atoms with van der Waals surface area (Å²) in [7, 11) is 4.19. The molecule has 0 aliphatic rings. The van der Waals surface area contributed by atoms with Crippen LogP contribution in [0.2, 0.25) is 0 Å². The van der Waals surface area contributed by atoms with E-state index in [4.69, 9.17) is 0 Å². The van der Waals surface area contributed by atoms with Gasteiger partial charge in [0.2, 0.25) is 5.91 Å². The number of rotatable bonds is 8. The van der Waals surface area contributed by atoms with Crippen molar-refractivity contribution in [1.29, 1.82) is 0 Å². The third kappa shape index (κ3) is 6.85. The van der Waals surface area contributed by atoms with Crippen molar-refractivity contribution in [3.63, 3.8) is 0 Å². The number of hydrogen-bond donors (Lipinski definition) is 2. The van der Waals surface area contributed by atoms with E-state index in [1.807, 2.05) is 0 Å². The molecule has 0 saturated heterocycles. The molecule has 0 aromatic heterocycles. The van der Waals surface area contributed by atoms with Crippen molar-refractivity contribution < 1.29 is 23.9 Å². The molecule has 0 aliphatic heterocycles. The molecule has 0 heterocycles. The number of methoxy groups -OCH3 is 2. The van der Waals surface area contributed by atoms with Gasteiger partial charge in [-0.2, -0.15) is 0 Å². The van der Waals surface area contributed by atoms with Crippen LogP contribution in [0.4, 0.5) is 0 Å². The maximum atomic E-state index is 11.5. The highest BCUT2D eigenvalue weighted by molar-refractivity contribution is 5.87. The first-order valence-corrected chi connectivity index (χ1v) is 5.63. The van der Waals surface area contributed by atoms with Crippen molar-refractivity contribution >= 4 is 17.8 Å². The van der Waals surface area contributed by atoms with Crippen LogP contribution in [0.5, 0.6) is 0 Å². The van der Waals surface area contributed by atoms with Gasteiger partial charge in [-0.3, -0.25) is 9.59 Å². The SMILES string of the molecule is CNCCCC(=O)NC(CC(=O)OC)C(=O)OC. The number of ether oxygens (including phenoxy) is 2. The predicted octanol–water partition coefficient (Wildman–Crippen LogP) is -0.793. The highest BCUT2D eigenvalue weighted by atomic mass is 16.5. The Balaban J connectivity index is 4.26. The van der Waals surface area contributed by atoms with Crippen molar-refractivity contribution in [1.82, 2.24) is 10.6 Å². The van der Waals surface area contributed by atoms with Gasteiger partial charge in [-0.05, 0) is 20.0 Å². The van der Waals surface area contributed by atoms with Crippen LogP contribution in [0.1, 0.15) is 19.3 Å². The zero-order chi connectivity index (χ0) is 14.0. The van der Waals surface area contributed by atoms with Crippen molar-refractivity contribution in [2.45, 2.75) is 25.3 Å². The summed E-state index contributed by atoms with van der Waals surface area (Å²) in [6.45, 7) is 0.702. The summed E-state index contributed by atoms with van der Waals surface area (Å²) in [4.78, 5) is 34.0. The van der Waals surface area contributed by atoms with Crippen LogP contribution in [-0.4, -0.2) is 51.7 Å². The highest BCUT2D eigenvalue weighted by Gasteiger charge is 2.24. The molecule has 104 valence electrons. The Morgan fingerprint density at radius 3 is 2.33 bits per heavy atom. The lowest BCUT2D eigenvalue weighted by Gasteiger charge is -2.15. The molecule has 7 nitrogen and oxygen atoms in total. The lowest BCUT2D eigenvalue weighted by atomic mass is 10.2. The van der Waals surface area contributed by atoms with E-state index in [1.54, 1.807) is 7.05 Å². The van der Waals surface area contributed by atoms with Crippen molar-refractivity contribution in [3.05, 3.63) is 0 Å². The van der Waals surface area contributed by atoms with Crippen LogP contribution in [-0.2, 0) is 23.9 Å². The molecule has 0 saturated carbocycles. The number of nitrogens with one attached hydrogen (secondary N) is 2. The molecule has 18 heavy (non-hydrogen) atoms. The number of carbonyl (C=O) groups is 3. The molecular weight excluding hydrogens is 240 g/mol. The molecule has 0 aliphatic carbocycles. The van der Waals surface area contributed by atoms with E-state index >= 15 is 0 Å². The third-order valence-electron chi connectivity index (χ3n) is 2.25. The monoisotopic (exact) mass is 260 g/mol. The van der Waals surface area contributed by atoms with Crippen LogP contribution in [0, 0.1) is 0 Å². The summed E-state index contributed by atoms with van der Waals surface area (Å²) < 4.78 is 8.96. The van der Waals surface area contributed by atoms with Crippen molar-refractivity contribution in [2.24, 2.45) is 0 Å². The van der Waals surface area contributed by atoms with Gasteiger partial charge in [0.1, 0.15) is 6.04 Å². The minimum Gasteiger partial charge on any atom is -0.469 e. The topological polar surface area (TPSA) is 93.7 Å². The minimum atomic E-state index is -0.996. The van der Waals surface area contributed by atoms with Gasteiger partial charge in [0, 0.05) is 6.42 Å². The first-order chi connectivity index (χ1) is 8.54. The number of hydrogen-bond acceptors (Lipinski definition) is 6. The number of esters is 2. The molecule has 0 spiro atoms. The smallest absolute Gasteiger partial charge is 0.328 e. The molecule has 0 rings (SSSR count). The van der Waals surface area contributed by atoms with Gasteiger partial charge in [-0.15, -0.1) is 0 Å². The number of amides is 1. The summed E-state index contributed by atoms with van der Waals surface area (Å²) in [5.74, 6) is -1.55. The van der Waals surface area contributed by atoms with Gasteiger partial charge in [0.15, 0.2) is 0 Å². The minimum absolute atomic E-state index is 0.235. The van der Waals surface area contributed by atoms with Gasteiger partial charge in [-0.1, -0.05) is 0 Å². The Morgan fingerprint density at radius 2 is 1.83 bits per heavy atom. The Morgan fingerprint density at radius 1 is 1.17 bits per heavy atom. The molecule has 1 unspecified atom stereocenters. The number of carbonyl (C=O) groups excluding carboxylic acids is 3. The third-order valence-corrected chi connectivity index (χ3v) is 2.25. The summed E-state index contributed by atoms with van der Waals surface area (Å²) in [6, 6.07) is -0.996. The van der Waals surface area contributed by atoms with E-state index in [-0.39, 0.29) is 18.7 Å². The van der Waals surface area contributed by atoms with E-state index in [2.05, 4.69) is 20.1 Å². The molecule has 0 aromatic carbocycles. The van der Waals surface area contributed by atoms with Gasteiger partial charge >= 0.3 is 11.9 Å². The Kier molecular flexibility index (Phi) is 8.55. The first kappa shape index (κ1) is 16.4. The van der Waals surface area contributed by atoms with Gasteiger partial charge < -0.3 is 20.1 Å². The molecule has 0 aromatic rings. The van der Waals surface area contributed by atoms with Gasteiger partial charge in [0.25, 0.3) is 0 Å². The molecule has 2 N–H and O–H groups in total. The molecule has 0 radical (unpaired) electrons. The van der Waals surface area contributed by atoms with Gasteiger partial charge in [0.05, 0.1) is 20.6 Å². The molecule has 7 heteroatoms. The van der Waals surface area contributed by atoms with Crippen LogP contribution in [0.15, 0.2) is 0 Å². The Hall–Kier alpha value is -1.63. The maximum Gasteiger partial charge on any atom is 0.328 e. The maximum absolute atomic E-state index is 11.5. The first-order valence-electron chi connectivity index (χ1n) is 5.63. The fourth-order valence-electron chi connectivity index (χ4n) is 1.28. The van der Waals surface area contributed by atoms with Crippen LogP contribution >= 0.6 is 0 Å². The van der Waals surface area contributed by atoms with E-state index in [0.29, 0.717) is 13.0 Å². The fourth-order valence-corrected chi connectivity index (χ4v) is 1.28. The molecule has 0 bridgehead atoms. The zero-order valence-electron chi connectivity index (χ0n) is 10.9. The second kappa shape index (κ2) is 9.41. The molecule has 1 amide bonds. The Labute approximate surface area is 106 Å². The normalized spacial score (nSPS) is 11.5. The summed E-state index contributed by atoms with van der Waals surface area (Å²) in [5, 5.41) is 5.36. The van der Waals surface area contributed by atoms with E-state index < -0.39 is 18.0 Å². The second-order valence-electron chi connectivity index (χ2n) is 3.63.